The second kappa shape index (κ2) is 20.4. The van der Waals surface area contributed by atoms with Crippen molar-refractivity contribution in [3.63, 3.8) is 0 Å². The summed E-state index contributed by atoms with van der Waals surface area (Å²) in [6, 6.07) is 44.8. The number of ether oxygens (including phenoxy) is 6. The summed E-state index contributed by atoms with van der Waals surface area (Å²) in [4.78, 5) is 26.1. The van der Waals surface area contributed by atoms with Crippen LogP contribution in [0.5, 0.6) is 23.0 Å². The Bertz CT molecular complexity index is 2900. The molecule has 0 saturated heterocycles. The molecular weight excluding hydrogens is 821 g/mol. The van der Waals surface area contributed by atoms with Crippen molar-refractivity contribution < 1.29 is 48.2 Å². The van der Waals surface area contributed by atoms with Crippen molar-refractivity contribution in [2.45, 2.75) is 18.6 Å². The van der Waals surface area contributed by atoms with E-state index in [9.17, 15) is 19.8 Å². The van der Waals surface area contributed by atoms with E-state index in [1.165, 1.54) is 0 Å². The summed E-state index contributed by atoms with van der Waals surface area (Å²) in [5.74, 6) is 6.05. The van der Waals surface area contributed by atoms with E-state index in [4.69, 9.17) is 41.3 Å². The van der Waals surface area contributed by atoms with Crippen molar-refractivity contribution in [2.75, 3.05) is 39.6 Å². The van der Waals surface area contributed by atoms with Crippen molar-refractivity contribution in [1.29, 1.82) is 0 Å². The summed E-state index contributed by atoms with van der Waals surface area (Å²) in [5, 5.41) is 29.2. The predicted octanol–water partition coefficient (Wildman–Crippen LogP) is 9.11. The van der Waals surface area contributed by atoms with Crippen molar-refractivity contribution in [3.05, 3.63) is 168 Å². The van der Waals surface area contributed by atoms with E-state index in [1.807, 2.05) is 97.1 Å². The maximum Gasteiger partial charge on any atom is 0.338 e. The third-order valence-electron chi connectivity index (χ3n) is 10.8. The van der Waals surface area contributed by atoms with Gasteiger partial charge in [0.05, 0.1) is 11.1 Å². The smallest absolute Gasteiger partial charge is 0.338 e. The molecule has 0 amide bonds. The molecule has 324 valence electrons. The molecule has 0 spiro atoms. The van der Waals surface area contributed by atoms with Gasteiger partial charge in [-0.25, -0.2) is 9.59 Å². The molecule has 0 fully saturated rings. The highest BCUT2D eigenvalue weighted by molar-refractivity contribution is 5.97. The zero-order chi connectivity index (χ0) is 45.1. The number of carbonyl (C=O) groups is 2. The number of esters is 2. The van der Waals surface area contributed by atoms with E-state index in [0.717, 1.165) is 54.2 Å². The number of hydrogen-bond acceptors (Lipinski definition) is 10. The lowest BCUT2D eigenvalue weighted by Crippen LogP contribution is -2.25. The number of hydrogen-bond donors (Lipinski definition) is 2. The van der Waals surface area contributed by atoms with Crippen LogP contribution in [-0.2, 0) is 15.9 Å². The number of aliphatic hydroxyl groups excluding tert-OH is 2. The lowest BCUT2D eigenvalue weighted by atomic mass is 9.93. The third kappa shape index (κ3) is 10.6. The first-order valence-electron chi connectivity index (χ1n) is 20.9. The van der Waals surface area contributed by atoms with E-state index >= 15 is 0 Å². The number of fused-ring (bicyclic) bond motifs is 4. The summed E-state index contributed by atoms with van der Waals surface area (Å²) < 4.78 is 34.6. The van der Waals surface area contributed by atoms with Crippen LogP contribution in [0, 0.1) is 24.7 Å². The van der Waals surface area contributed by atoms with Crippen molar-refractivity contribution in [1.82, 2.24) is 0 Å². The lowest BCUT2D eigenvalue weighted by Gasteiger charge is -2.20. The average molecular weight is 865 g/mol. The van der Waals surface area contributed by atoms with Gasteiger partial charge in [0.25, 0.3) is 0 Å². The average Bonchev–Trinajstić information content (AvgIpc) is 3.34. The van der Waals surface area contributed by atoms with Gasteiger partial charge in [0.15, 0.2) is 0 Å². The maximum absolute atomic E-state index is 13.0. The number of terminal acetylenes is 2. The van der Waals surface area contributed by atoms with E-state index in [0.29, 0.717) is 40.5 Å². The highest BCUT2D eigenvalue weighted by Gasteiger charge is 2.20. The molecule has 0 radical (unpaired) electrons. The van der Waals surface area contributed by atoms with Crippen LogP contribution in [0.4, 0.5) is 0 Å². The van der Waals surface area contributed by atoms with Gasteiger partial charge in [0.2, 0.25) is 0 Å². The molecule has 2 N–H and O–H groups in total. The largest absolute Gasteiger partial charge is 0.490 e. The Kier molecular flexibility index (Phi) is 13.7. The van der Waals surface area contributed by atoms with E-state index in [-0.39, 0.29) is 39.6 Å². The number of rotatable bonds is 18. The highest BCUT2D eigenvalue weighted by atomic mass is 16.6. The van der Waals surface area contributed by atoms with Gasteiger partial charge >= 0.3 is 11.9 Å². The van der Waals surface area contributed by atoms with Gasteiger partial charge < -0.3 is 38.6 Å². The second-order valence-corrected chi connectivity index (χ2v) is 15.3. The molecule has 65 heavy (non-hydrogen) atoms. The fourth-order valence-corrected chi connectivity index (χ4v) is 7.55. The molecule has 0 aliphatic heterocycles. The van der Waals surface area contributed by atoms with Crippen LogP contribution in [0.15, 0.2) is 146 Å². The normalized spacial score (nSPS) is 11.9. The first-order valence-corrected chi connectivity index (χ1v) is 20.9. The van der Waals surface area contributed by atoms with Gasteiger partial charge in [-0.3, -0.25) is 0 Å². The Morgan fingerprint density at radius 3 is 1.31 bits per heavy atom. The van der Waals surface area contributed by atoms with Gasteiger partial charge in [-0.15, -0.1) is 12.8 Å². The standard InChI is InChI=1S/C55H44O10/c1-3-25-60-46-21-17-38-27-42(15-13-40(38)29-46)54(58)64-34-44(56)32-62-52-23-19-36-9-5-7-11-48(36)50(52)31-51-49-12-8-6-10-37(49)20-24-53(51)63-33-45(57)35-65-55(59)43-16-14-41-30-47(61-26-4-2)22-18-39(41)28-43/h1-2,5-24,27-30,44-45,56-57H,25-26,31-35H2. The zero-order valence-electron chi connectivity index (χ0n) is 35.3. The second-order valence-electron chi connectivity index (χ2n) is 15.3. The Hall–Kier alpha value is -8.02. The Balaban J connectivity index is 0.932. The molecule has 0 aliphatic rings. The molecule has 8 rings (SSSR count). The van der Waals surface area contributed by atoms with Crippen LogP contribution in [0.3, 0.4) is 0 Å². The van der Waals surface area contributed by atoms with Gasteiger partial charge in [-0.05, 0) is 104 Å². The predicted molar refractivity (Wildman–Crippen MR) is 251 cm³/mol. The summed E-state index contributed by atoms with van der Waals surface area (Å²) >= 11 is 0. The van der Waals surface area contributed by atoms with E-state index < -0.39 is 24.1 Å². The van der Waals surface area contributed by atoms with E-state index in [2.05, 4.69) is 11.8 Å². The minimum atomic E-state index is -1.13. The first kappa shape index (κ1) is 43.6. The number of aliphatic hydroxyl groups is 2. The van der Waals surface area contributed by atoms with Gasteiger partial charge in [-0.2, -0.15) is 0 Å². The minimum absolute atomic E-state index is 0.150. The Morgan fingerprint density at radius 1 is 0.462 bits per heavy atom. The molecule has 0 aromatic heterocycles. The molecule has 10 nitrogen and oxygen atoms in total. The number of benzene rings is 8. The molecule has 0 heterocycles. The monoisotopic (exact) mass is 864 g/mol. The fourth-order valence-electron chi connectivity index (χ4n) is 7.55. The summed E-state index contributed by atoms with van der Waals surface area (Å²) in [6.07, 6.45) is 8.70. The Morgan fingerprint density at radius 2 is 0.862 bits per heavy atom. The first-order chi connectivity index (χ1) is 31.8. The molecule has 8 aromatic rings. The lowest BCUT2D eigenvalue weighted by molar-refractivity contribution is 0.0128. The molecule has 2 unspecified atom stereocenters. The van der Waals surface area contributed by atoms with Crippen LogP contribution in [-0.4, -0.2) is 74.0 Å². The Labute approximate surface area is 375 Å². The quantitative estimate of drug-likeness (QED) is 0.0637. The highest BCUT2D eigenvalue weighted by Crippen LogP contribution is 2.36. The van der Waals surface area contributed by atoms with E-state index in [1.54, 1.807) is 48.5 Å². The molecule has 8 aromatic carbocycles. The van der Waals surface area contributed by atoms with Crippen LogP contribution in [0.1, 0.15) is 31.8 Å². The van der Waals surface area contributed by atoms with Gasteiger partial charge in [0.1, 0.15) is 74.8 Å². The van der Waals surface area contributed by atoms with Gasteiger partial charge in [-0.1, -0.05) is 96.8 Å². The summed E-state index contributed by atoms with van der Waals surface area (Å²) in [7, 11) is 0. The maximum atomic E-state index is 13.0. The SMILES string of the molecule is C#CCOc1ccc2cc(C(=O)OCC(O)COc3ccc4ccccc4c3Cc3c(OCC(O)COC(=O)c4ccc5cc(OCC#C)ccc5c4)ccc4ccccc34)ccc2c1. The van der Waals surface area contributed by atoms with Crippen molar-refractivity contribution in [2.24, 2.45) is 0 Å². The van der Waals surface area contributed by atoms with Crippen LogP contribution < -0.4 is 18.9 Å². The molecular formula is C55H44O10. The summed E-state index contributed by atoms with van der Waals surface area (Å²) in [5.41, 5.74) is 2.37. The van der Waals surface area contributed by atoms with Crippen molar-refractivity contribution >= 4 is 55.0 Å². The molecule has 2 atom stereocenters. The van der Waals surface area contributed by atoms with Crippen LogP contribution >= 0.6 is 0 Å². The topological polar surface area (TPSA) is 130 Å². The third-order valence-corrected chi connectivity index (χ3v) is 10.8. The van der Waals surface area contributed by atoms with Gasteiger partial charge in [0, 0.05) is 17.5 Å². The van der Waals surface area contributed by atoms with Crippen molar-refractivity contribution in [3.8, 4) is 47.7 Å². The number of carbonyl (C=O) groups excluding carboxylic acids is 2. The minimum Gasteiger partial charge on any atom is -0.490 e. The summed E-state index contributed by atoms with van der Waals surface area (Å²) in [6.45, 7) is -0.563. The zero-order valence-corrected chi connectivity index (χ0v) is 35.3. The fraction of sp³-hybridized carbons (Fsp3) is 0.164. The molecule has 10 heteroatoms. The molecule has 0 aliphatic carbocycles. The molecule has 0 saturated carbocycles. The molecule has 0 bridgehead atoms. The van der Waals surface area contributed by atoms with Crippen LogP contribution in [0.2, 0.25) is 0 Å². The van der Waals surface area contributed by atoms with Crippen LogP contribution in [0.25, 0.3) is 43.1 Å².